The first-order valence-electron chi connectivity index (χ1n) is 12.5. The fourth-order valence-electron chi connectivity index (χ4n) is 4.90. The van der Waals surface area contributed by atoms with Crippen LogP contribution in [0.25, 0.3) is 11.1 Å². The van der Waals surface area contributed by atoms with Gasteiger partial charge in [-0.25, -0.2) is 0 Å². The molecule has 0 N–H and O–H groups in total. The molecule has 0 radical (unpaired) electrons. The first-order valence-corrected chi connectivity index (χ1v) is 12.5. The fourth-order valence-corrected chi connectivity index (χ4v) is 4.90. The minimum atomic E-state index is 0.130. The molecule has 0 saturated heterocycles. The molecule has 32 heavy (non-hydrogen) atoms. The molecule has 0 atom stereocenters. The molecule has 3 rings (SSSR count). The van der Waals surface area contributed by atoms with Crippen LogP contribution in [0.3, 0.4) is 0 Å². The van der Waals surface area contributed by atoms with Crippen LogP contribution >= 0.6 is 0 Å². The number of hydrogen-bond donors (Lipinski definition) is 0. The Bertz CT molecular complexity index is 1000. The van der Waals surface area contributed by atoms with Gasteiger partial charge in [0.15, 0.2) is 0 Å². The monoisotopic (exact) mass is 428 g/mol. The summed E-state index contributed by atoms with van der Waals surface area (Å²) in [5, 5.41) is 0. The second-order valence-corrected chi connectivity index (χ2v) is 11.8. The van der Waals surface area contributed by atoms with Crippen LogP contribution in [0.4, 0.5) is 0 Å². The lowest BCUT2D eigenvalue weighted by Gasteiger charge is -2.29. The molecule has 2 aromatic carbocycles. The summed E-state index contributed by atoms with van der Waals surface area (Å²) in [4.78, 5) is 0. The summed E-state index contributed by atoms with van der Waals surface area (Å²) in [6.45, 7) is 23.2. The lowest BCUT2D eigenvalue weighted by Crippen LogP contribution is -2.17. The van der Waals surface area contributed by atoms with Gasteiger partial charge in [0.05, 0.1) is 0 Å². The van der Waals surface area contributed by atoms with Gasteiger partial charge < -0.3 is 0 Å². The van der Waals surface area contributed by atoms with Gasteiger partial charge in [-0.1, -0.05) is 97.4 Å². The average Bonchev–Trinajstić information content (AvgIpc) is 2.72. The van der Waals surface area contributed by atoms with Crippen molar-refractivity contribution < 1.29 is 0 Å². The minimum Gasteiger partial charge on any atom is -0.0649 e. The second-order valence-electron chi connectivity index (χ2n) is 11.8. The summed E-state index contributed by atoms with van der Waals surface area (Å²) in [5.41, 5.74) is 14.9. The van der Waals surface area contributed by atoms with Crippen molar-refractivity contribution in [2.45, 2.75) is 106 Å². The molecule has 2 aromatic rings. The van der Waals surface area contributed by atoms with Crippen LogP contribution in [0.5, 0.6) is 0 Å². The molecule has 1 aliphatic rings. The van der Waals surface area contributed by atoms with Crippen LogP contribution in [-0.4, -0.2) is 0 Å². The molecule has 0 unspecified atom stereocenters. The third-order valence-corrected chi connectivity index (χ3v) is 7.18. The second kappa shape index (κ2) is 9.05. The fraction of sp³-hybridized carbons (Fsp3) is 0.500. The average molecular weight is 429 g/mol. The highest BCUT2D eigenvalue weighted by Crippen LogP contribution is 2.43. The predicted molar refractivity (Wildman–Crippen MR) is 143 cm³/mol. The van der Waals surface area contributed by atoms with E-state index in [1.807, 2.05) is 0 Å². The molecule has 0 spiro atoms. The Balaban J connectivity index is 2.23. The maximum absolute atomic E-state index is 2.46. The summed E-state index contributed by atoms with van der Waals surface area (Å²) in [6.07, 6.45) is 4.47. The molecule has 0 aliphatic heterocycles. The van der Waals surface area contributed by atoms with Gasteiger partial charge in [0.25, 0.3) is 0 Å². The van der Waals surface area contributed by atoms with E-state index in [0.717, 1.165) is 25.7 Å². The maximum atomic E-state index is 2.46. The molecule has 172 valence electrons. The lowest BCUT2D eigenvalue weighted by molar-refractivity contribution is 0.568. The first-order chi connectivity index (χ1) is 14.8. The summed E-state index contributed by atoms with van der Waals surface area (Å²) in [6, 6.07) is 14.6. The standard InChI is InChI=1S/C32H44/c1-11-23-15-24(12-2)17-25(16-23)29-14-13-21(3)30(22(29)4)26-18-27(31(5,6)7)20-28(19-26)32(8,9)10/h15-20H,11-14H2,1-10H3. The minimum absolute atomic E-state index is 0.130. The van der Waals surface area contributed by atoms with Crippen LogP contribution in [-0.2, 0) is 23.7 Å². The van der Waals surface area contributed by atoms with E-state index in [1.54, 1.807) is 0 Å². The Morgan fingerprint density at radius 1 is 0.625 bits per heavy atom. The van der Waals surface area contributed by atoms with Crippen molar-refractivity contribution in [2.24, 2.45) is 0 Å². The molecule has 0 nitrogen and oxygen atoms in total. The highest BCUT2D eigenvalue weighted by Gasteiger charge is 2.25. The number of allylic oxidation sites excluding steroid dienone is 4. The number of aryl methyl sites for hydroxylation is 2. The van der Waals surface area contributed by atoms with Crippen molar-refractivity contribution in [3.63, 3.8) is 0 Å². The summed E-state index contributed by atoms with van der Waals surface area (Å²) in [7, 11) is 0. The van der Waals surface area contributed by atoms with E-state index in [-0.39, 0.29) is 10.8 Å². The van der Waals surface area contributed by atoms with Gasteiger partial charge in [-0.05, 0) is 100 Å². The van der Waals surface area contributed by atoms with Crippen LogP contribution in [0, 0.1) is 0 Å². The van der Waals surface area contributed by atoms with Crippen molar-refractivity contribution >= 4 is 11.1 Å². The molecule has 0 bridgehead atoms. The molecule has 1 aliphatic carbocycles. The Morgan fingerprint density at radius 2 is 1.12 bits per heavy atom. The predicted octanol–water partition coefficient (Wildman–Crippen LogP) is 9.45. The van der Waals surface area contributed by atoms with Gasteiger partial charge in [0.1, 0.15) is 0 Å². The zero-order valence-electron chi connectivity index (χ0n) is 22.3. The molecule has 0 heterocycles. The molecule has 0 aromatic heterocycles. The highest BCUT2D eigenvalue weighted by molar-refractivity contribution is 5.92. The van der Waals surface area contributed by atoms with E-state index in [4.69, 9.17) is 0 Å². The maximum Gasteiger partial charge on any atom is -0.0132 e. The van der Waals surface area contributed by atoms with Gasteiger partial charge in [0, 0.05) is 0 Å². The SMILES string of the molecule is CCc1cc(CC)cc(C2=C(C)C(c3cc(C(C)(C)C)cc(C(C)(C)C)c3)=C(C)CC2)c1. The Morgan fingerprint density at radius 3 is 1.56 bits per heavy atom. The summed E-state index contributed by atoms with van der Waals surface area (Å²) in [5.74, 6) is 0. The van der Waals surface area contributed by atoms with Gasteiger partial charge in [0.2, 0.25) is 0 Å². The normalized spacial score (nSPS) is 15.6. The summed E-state index contributed by atoms with van der Waals surface area (Å²) >= 11 is 0. The van der Waals surface area contributed by atoms with Crippen molar-refractivity contribution in [3.8, 4) is 0 Å². The third kappa shape index (κ3) is 5.11. The van der Waals surface area contributed by atoms with Crippen molar-refractivity contribution in [2.75, 3.05) is 0 Å². The zero-order chi connectivity index (χ0) is 23.8. The van der Waals surface area contributed by atoms with E-state index in [9.17, 15) is 0 Å². The number of hydrogen-bond acceptors (Lipinski definition) is 0. The van der Waals surface area contributed by atoms with E-state index in [1.165, 1.54) is 55.7 Å². The zero-order valence-corrected chi connectivity index (χ0v) is 22.3. The third-order valence-electron chi connectivity index (χ3n) is 7.18. The van der Waals surface area contributed by atoms with Crippen LogP contribution < -0.4 is 0 Å². The van der Waals surface area contributed by atoms with Gasteiger partial charge in [-0.3, -0.25) is 0 Å². The quantitative estimate of drug-likeness (QED) is 0.455. The topological polar surface area (TPSA) is 0 Å². The van der Waals surface area contributed by atoms with Crippen LogP contribution in [0.2, 0.25) is 0 Å². The van der Waals surface area contributed by atoms with Gasteiger partial charge in [-0.2, -0.15) is 0 Å². The van der Waals surface area contributed by atoms with E-state index >= 15 is 0 Å². The van der Waals surface area contributed by atoms with Crippen LogP contribution in [0.1, 0.15) is 115 Å². The smallest absolute Gasteiger partial charge is 0.0132 e. The van der Waals surface area contributed by atoms with Gasteiger partial charge >= 0.3 is 0 Å². The Hall–Kier alpha value is -2.08. The Labute approximate surface area is 197 Å². The van der Waals surface area contributed by atoms with Crippen molar-refractivity contribution in [3.05, 3.63) is 80.9 Å². The largest absolute Gasteiger partial charge is 0.0649 e. The molecule has 0 heteroatoms. The van der Waals surface area contributed by atoms with Crippen molar-refractivity contribution in [1.82, 2.24) is 0 Å². The Kier molecular flexibility index (Phi) is 6.94. The summed E-state index contributed by atoms with van der Waals surface area (Å²) < 4.78 is 0. The van der Waals surface area contributed by atoms with E-state index < -0.39 is 0 Å². The van der Waals surface area contributed by atoms with Crippen molar-refractivity contribution in [1.29, 1.82) is 0 Å². The van der Waals surface area contributed by atoms with E-state index in [0.29, 0.717) is 0 Å². The molecule has 0 fully saturated rings. The number of benzene rings is 2. The lowest BCUT2D eigenvalue weighted by atomic mass is 9.75. The molecule has 0 amide bonds. The highest BCUT2D eigenvalue weighted by atomic mass is 14.3. The molecule has 0 saturated carbocycles. The molecular weight excluding hydrogens is 384 g/mol. The van der Waals surface area contributed by atoms with Gasteiger partial charge in [-0.15, -0.1) is 0 Å². The van der Waals surface area contributed by atoms with E-state index in [2.05, 4.69) is 106 Å². The molecular formula is C32H44. The first kappa shape index (κ1) is 24.6. The van der Waals surface area contributed by atoms with Crippen LogP contribution in [0.15, 0.2) is 47.5 Å². The number of rotatable bonds is 4.